The van der Waals surface area contributed by atoms with Crippen molar-refractivity contribution < 1.29 is 0 Å². The van der Waals surface area contributed by atoms with Crippen molar-refractivity contribution in [1.82, 2.24) is 0 Å². The summed E-state index contributed by atoms with van der Waals surface area (Å²) in [5, 5.41) is 17.1. The summed E-state index contributed by atoms with van der Waals surface area (Å²) in [5.74, 6) is 0.191. The average molecular weight is 324 g/mol. The number of anilines is 2. The molecule has 3 aromatic carbocycles. The van der Waals surface area contributed by atoms with Crippen molar-refractivity contribution in [3.8, 4) is 0 Å². The third-order valence-electron chi connectivity index (χ3n) is 3.75. The van der Waals surface area contributed by atoms with Crippen molar-refractivity contribution in [3.63, 3.8) is 0 Å². The molecule has 3 nitrogen and oxygen atoms in total. The predicted molar refractivity (Wildman–Crippen MR) is 99.8 cm³/mol. The number of hydrogen-bond donors (Lipinski definition) is 3. The third kappa shape index (κ3) is 3.46. The quantitative estimate of drug-likeness (QED) is 0.439. The van der Waals surface area contributed by atoms with Crippen LogP contribution in [0, 0.1) is 5.41 Å². The lowest BCUT2D eigenvalue weighted by molar-refractivity contribution is 1.14. The van der Waals surface area contributed by atoms with Crippen LogP contribution in [0.1, 0.15) is 12.5 Å². The average Bonchev–Trinajstić information content (AvgIpc) is 2.57. The van der Waals surface area contributed by atoms with Crippen molar-refractivity contribution in [2.75, 3.05) is 10.6 Å². The molecule has 0 aliphatic rings. The van der Waals surface area contributed by atoms with E-state index in [4.69, 9.17) is 17.0 Å². The smallest absolute Gasteiger partial charge is 0.197 e. The van der Waals surface area contributed by atoms with Crippen molar-refractivity contribution in [3.05, 3.63) is 71.2 Å². The molecule has 4 heteroatoms. The number of halogens is 1. The highest BCUT2D eigenvalue weighted by Gasteiger charge is 2.06. The molecule has 3 N–H and O–H groups in total. The lowest BCUT2D eigenvalue weighted by Crippen LogP contribution is -2.20. The minimum absolute atomic E-state index is 0.191. The van der Waals surface area contributed by atoms with Crippen LogP contribution >= 0.6 is 11.6 Å². The van der Waals surface area contributed by atoms with E-state index in [1.54, 1.807) is 0 Å². The highest BCUT2D eigenvalue weighted by atomic mass is 35.5. The molecule has 0 heterocycles. The first-order valence-electron chi connectivity index (χ1n) is 7.56. The van der Waals surface area contributed by atoms with Gasteiger partial charge in [0.2, 0.25) is 0 Å². The van der Waals surface area contributed by atoms with Crippen LogP contribution in [0.5, 0.6) is 0 Å². The Morgan fingerprint density at radius 2 is 1.70 bits per heavy atom. The lowest BCUT2D eigenvalue weighted by Gasteiger charge is -2.14. The monoisotopic (exact) mass is 323 g/mol. The van der Waals surface area contributed by atoms with Crippen molar-refractivity contribution >= 4 is 39.7 Å². The van der Waals surface area contributed by atoms with Crippen LogP contribution in [0.3, 0.4) is 0 Å². The maximum atomic E-state index is 8.18. The number of nitrogens with one attached hydrogen (secondary N) is 3. The van der Waals surface area contributed by atoms with Gasteiger partial charge in [0, 0.05) is 11.1 Å². The van der Waals surface area contributed by atoms with Gasteiger partial charge in [0.1, 0.15) is 0 Å². The van der Waals surface area contributed by atoms with Crippen LogP contribution in [0.4, 0.5) is 11.4 Å². The molecule has 0 aliphatic carbocycles. The van der Waals surface area contributed by atoms with E-state index < -0.39 is 0 Å². The van der Waals surface area contributed by atoms with E-state index in [0.717, 1.165) is 28.6 Å². The van der Waals surface area contributed by atoms with E-state index in [0.29, 0.717) is 5.02 Å². The summed E-state index contributed by atoms with van der Waals surface area (Å²) >= 11 is 6.21. The highest BCUT2D eigenvalue weighted by Crippen LogP contribution is 2.25. The molecule has 0 bridgehead atoms. The normalized spacial score (nSPS) is 10.5. The van der Waals surface area contributed by atoms with Gasteiger partial charge in [-0.25, -0.2) is 0 Å². The van der Waals surface area contributed by atoms with Gasteiger partial charge in [0.25, 0.3) is 0 Å². The van der Waals surface area contributed by atoms with Crippen molar-refractivity contribution in [2.24, 2.45) is 0 Å². The van der Waals surface area contributed by atoms with Crippen molar-refractivity contribution in [1.29, 1.82) is 5.41 Å². The number of fused-ring (bicyclic) bond motifs is 1. The SMILES string of the molecule is CCc1ccc(Cl)c(NC(=N)Nc2cccc3ccccc23)c1. The molecule has 0 radical (unpaired) electrons. The molecule has 0 saturated carbocycles. The largest absolute Gasteiger partial charge is 0.326 e. The molecule has 3 aromatic rings. The van der Waals surface area contributed by atoms with Gasteiger partial charge in [-0.05, 0) is 35.6 Å². The molecule has 116 valence electrons. The second-order valence-electron chi connectivity index (χ2n) is 5.32. The fourth-order valence-corrected chi connectivity index (χ4v) is 2.69. The first kappa shape index (κ1) is 15.4. The molecular weight excluding hydrogens is 306 g/mol. The van der Waals surface area contributed by atoms with E-state index >= 15 is 0 Å². The summed E-state index contributed by atoms with van der Waals surface area (Å²) in [6, 6.07) is 19.9. The summed E-state index contributed by atoms with van der Waals surface area (Å²) in [4.78, 5) is 0. The zero-order valence-corrected chi connectivity index (χ0v) is 13.6. The second kappa shape index (κ2) is 6.71. The topological polar surface area (TPSA) is 47.9 Å². The molecule has 3 rings (SSSR count). The number of aryl methyl sites for hydroxylation is 1. The predicted octanol–water partition coefficient (Wildman–Crippen LogP) is 5.51. The van der Waals surface area contributed by atoms with Gasteiger partial charge in [-0.2, -0.15) is 0 Å². The van der Waals surface area contributed by atoms with E-state index in [2.05, 4.69) is 29.7 Å². The first-order valence-corrected chi connectivity index (χ1v) is 7.94. The van der Waals surface area contributed by atoms with E-state index in [1.165, 1.54) is 5.56 Å². The Hall–Kier alpha value is -2.52. The summed E-state index contributed by atoms with van der Waals surface area (Å²) in [6.07, 6.45) is 0.927. The molecule has 23 heavy (non-hydrogen) atoms. The Morgan fingerprint density at radius 3 is 2.52 bits per heavy atom. The number of hydrogen-bond acceptors (Lipinski definition) is 1. The minimum Gasteiger partial charge on any atom is -0.326 e. The van der Waals surface area contributed by atoms with E-state index in [1.807, 2.05) is 48.5 Å². The zero-order valence-electron chi connectivity index (χ0n) is 12.9. The second-order valence-corrected chi connectivity index (χ2v) is 5.73. The van der Waals surface area contributed by atoms with Crippen molar-refractivity contribution in [2.45, 2.75) is 13.3 Å². The van der Waals surface area contributed by atoms with Gasteiger partial charge >= 0.3 is 0 Å². The third-order valence-corrected chi connectivity index (χ3v) is 4.08. The van der Waals surface area contributed by atoms with Gasteiger partial charge in [-0.3, -0.25) is 5.41 Å². The first-order chi connectivity index (χ1) is 11.2. The zero-order chi connectivity index (χ0) is 16.2. The molecule has 0 aliphatic heterocycles. The number of rotatable bonds is 3. The Balaban J connectivity index is 1.82. The summed E-state index contributed by atoms with van der Waals surface area (Å²) in [6.45, 7) is 2.09. The Bertz CT molecular complexity index is 853. The van der Waals surface area contributed by atoms with E-state index in [9.17, 15) is 0 Å². The molecule has 0 aromatic heterocycles. The van der Waals surface area contributed by atoms with Crippen LogP contribution in [0.15, 0.2) is 60.7 Å². The number of benzene rings is 3. The van der Waals surface area contributed by atoms with Gasteiger partial charge < -0.3 is 10.6 Å². The van der Waals surface area contributed by atoms with E-state index in [-0.39, 0.29) is 5.96 Å². The fraction of sp³-hybridized carbons (Fsp3) is 0.105. The highest BCUT2D eigenvalue weighted by molar-refractivity contribution is 6.33. The molecular formula is C19H18ClN3. The van der Waals surface area contributed by atoms with Gasteiger partial charge in [0.15, 0.2) is 5.96 Å². The number of guanidine groups is 1. The van der Waals surface area contributed by atoms with Gasteiger partial charge in [0.05, 0.1) is 10.7 Å². The Morgan fingerprint density at radius 1 is 0.957 bits per heavy atom. The minimum atomic E-state index is 0.191. The summed E-state index contributed by atoms with van der Waals surface area (Å²) < 4.78 is 0. The summed E-state index contributed by atoms with van der Waals surface area (Å²) in [7, 11) is 0. The fourth-order valence-electron chi connectivity index (χ4n) is 2.52. The van der Waals surface area contributed by atoms with Crippen LogP contribution in [-0.4, -0.2) is 5.96 Å². The molecule has 0 unspecified atom stereocenters. The van der Waals surface area contributed by atoms with Crippen LogP contribution < -0.4 is 10.6 Å². The maximum Gasteiger partial charge on any atom is 0.197 e. The van der Waals surface area contributed by atoms with Crippen LogP contribution in [0.2, 0.25) is 5.02 Å². The van der Waals surface area contributed by atoms with Crippen LogP contribution in [-0.2, 0) is 6.42 Å². The van der Waals surface area contributed by atoms with Crippen LogP contribution in [0.25, 0.3) is 10.8 Å². The Labute approximate surface area is 140 Å². The molecule has 0 fully saturated rings. The molecule has 0 saturated heterocycles. The van der Waals surface area contributed by atoms with Gasteiger partial charge in [-0.15, -0.1) is 0 Å². The molecule has 0 atom stereocenters. The maximum absolute atomic E-state index is 8.18. The van der Waals surface area contributed by atoms with Gasteiger partial charge in [-0.1, -0.05) is 61.0 Å². The summed E-state index contributed by atoms with van der Waals surface area (Å²) in [5.41, 5.74) is 2.81. The Kier molecular flexibility index (Phi) is 4.49. The standard InChI is InChI=1S/C19H18ClN3/c1-2-13-10-11-16(20)18(12-13)23-19(21)22-17-9-5-7-14-6-3-4-8-15(14)17/h3-12H,2H2,1H3,(H3,21,22,23). The molecule has 0 amide bonds. The molecule has 0 spiro atoms. The lowest BCUT2D eigenvalue weighted by atomic mass is 10.1.